The van der Waals surface area contributed by atoms with E-state index in [2.05, 4.69) is 10.2 Å². The standard InChI is InChI=1S/C13H20N4O/c18-13(9-11-3-1-2-4-11)16-8-5-12(10-16)17-14-6-7-15-17/h6-7,11-12H,1-5,8-10H2. The van der Waals surface area contributed by atoms with Crippen molar-refractivity contribution in [2.24, 2.45) is 5.92 Å². The van der Waals surface area contributed by atoms with Crippen molar-refractivity contribution in [3.8, 4) is 0 Å². The second kappa shape index (κ2) is 5.08. The fourth-order valence-electron chi connectivity index (χ4n) is 3.16. The van der Waals surface area contributed by atoms with Crippen LogP contribution >= 0.6 is 0 Å². The smallest absolute Gasteiger partial charge is 0.222 e. The van der Waals surface area contributed by atoms with Gasteiger partial charge in [0, 0.05) is 19.5 Å². The molecule has 1 aromatic rings. The second-order valence-electron chi connectivity index (χ2n) is 5.49. The van der Waals surface area contributed by atoms with E-state index in [4.69, 9.17) is 0 Å². The number of carbonyl (C=O) groups is 1. The molecule has 1 amide bonds. The van der Waals surface area contributed by atoms with E-state index in [1.54, 1.807) is 17.2 Å². The van der Waals surface area contributed by atoms with E-state index in [9.17, 15) is 4.79 Å². The largest absolute Gasteiger partial charge is 0.340 e. The summed E-state index contributed by atoms with van der Waals surface area (Å²) in [4.78, 5) is 15.9. The van der Waals surface area contributed by atoms with Crippen molar-refractivity contribution in [3.63, 3.8) is 0 Å². The fraction of sp³-hybridized carbons (Fsp3) is 0.769. The maximum atomic E-state index is 12.2. The minimum absolute atomic E-state index is 0.271. The van der Waals surface area contributed by atoms with Crippen molar-refractivity contribution >= 4 is 5.91 Å². The Bertz CT molecular complexity index is 397. The third kappa shape index (κ3) is 2.40. The lowest BCUT2D eigenvalue weighted by atomic mass is 10.0. The van der Waals surface area contributed by atoms with Crippen LogP contribution in [0, 0.1) is 5.92 Å². The summed E-state index contributed by atoms with van der Waals surface area (Å²) in [6, 6.07) is 0.271. The summed E-state index contributed by atoms with van der Waals surface area (Å²) in [7, 11) is 0. The van der Waals surface area contributed by atoms with Gasteiger partial charge in [0.25, 0.3) is 0 Å². The quantitative estimate of drug-likeness (QED) is 0.817. The molecule has 1 saturated heterocycles. The average molecular weight is 248 g/mol. The molecule has 0 N–H and O–H groups in total. The zero-order valence-electron chi connectivity index (χ0n) is 10.7. The monoisotopic (exact) mass is 248 g/mol. The lowest BCUT2D eigenvalue weighted by Gasteiger charge is -2.18. The summed E-state index contributed by atoms with van der Waals surface area (Å²) in [5.41, 5.74) is 0. The number of aromatic nitrogens is 3. The molecule has 1 saturated carbocycles. The highest BCUT2D eigenvalue weighted by molar-refractivity contribution is 5.76. The lowest BCUT2D eigenvalue weighted by Crippen LogP contribution is -2.30. The highest BCUT2D eigenvalue weighted by Gasteiger charge is 2.30. The first-order valence-electron chi connectivity index (χ1n) is 6.96. The first kappa shape index (κ1) is 11.7. The van der Waals surface area contributed by atoms with Gasteiger partial charge in [-0.2, -0.15) is 15.0 Å². The summed E-state index contributed by atoms with van der Waals surface area (Å²) in [5, 5.41) is 8.33. The molecule has 1 aromatic heterocycles. The molecule has 1 atom stereocenters. The Morgan fingerprint density at radius 2 is 1.89 bits per heavy atom. The molecule has 5 nitrogen and oxygen atoms in total. The third-order valence-corrected chi connectivity index (χ3v) is 4.22. The van der Waals surface area contributed by atoms with Gasteiger partial charge in [0.1, 0.15) is 0 Å². The van der Waals surface area contributed by atoms with Gasteiger partial charge in [-0.1, -0.05) is 12.8 Å². The van der Waals surface area contributed by atoms with Crippen LogP contribution in [0.5, 0.6) is 0 Å². The van der Waals surface area contributed by atoms with Gasteiger partial charge in [0.2, 0.25) is 5.91 Å². The van der Waals surface area contributed by atoms with Gasteiger partial charge in [-0.3, -0.25) is 4.79 Å². The second-order valence-corrected chi connectivity index (χ2v) is 5.49. The van der Waals surface area contributed by atoms with E-state index in [-0.39, 0.29) is 6.04 Å². The molecule has 0 aromatic carbocycles. The van der Waals surface area contributed by atoms with E-state index in [1.807, 2.05) is 4.90 Å². The molecule has 3 rings (SSSR count). The molecular weight excluding hydrogens is 228 g/mol. The molecule has 98 valence electrons. The average Bonchev–Trinajstić information content (AvgIpc) is 3.11. The van der Waals surface area contributed by atoms with Crippen molar-refractivity contribution in [1.29, 1.82) is 0 Å². The number of likely N-dealkylation sites (tertiary alicyclic amines) is 1. The van der Waals surface area contributed by atoms with E-state index in [0.717, 1.165) is 25.9 Å². The van der Waals surface area contributed by atoms with Crippen LogP contribution in [0.25, 0.3) is 0 Å². The predicted molar refractivity (Wildman–Crippen MR) is 66.8 cm³/mol. The molecule has 1 aliphatic heterocycles. The zero-order chi connectivity index (χ0) is 12.4. The topological polar surface area (TPSA) is 51.0 Å². The van der Waals surface area contributed by atoms with Gasteiger partial charge in [0.05, 0.1) is 18.4 Å². The number of hydrogen-bond acceptors (Lipinski definition) is 3. The SMILES string of the molecule is O=C(CC1CCCC1)N1CCC(n2nccn2)C1. The Labute approximate surface area is 107 Å². The van der Waals surface area contributed by atoms with Gasteiger partial charge in [-0.15, -0.1) is 0 Å². The molecular formula is C13H20N4O. The number of rotatable bonds is 3. The summed E-state index contributed by atoms with van der Waals surface area (Å²) >= 11 is 0. The maximum Gasteiger partial charge on any atom is 0.222 e. The summed E-state index contributed by atoms with van der Waals surface area (Å²) in [6.07, 6.45) is 10.2. The normalized spacial score (nSPS) is 24.9. The molecule has 1 unspecified atom stereocenters. The lowest BCUT2D eigenvalue weighted by molar-refractivity contribution is -0.131. The molecule has 0 spiro atoms. The number of nitrogens with zero attached hydrogens (tertiary/aromatic N) is 4. The molecule has 2 aliphatic rings. The van der Waals surface area contributed by atoms with Gasteiger partial charge in [0.15, 0.2) is 0 Å². The Morgan fingerprint density at radius 1 is 1.17 bits per heavy atom. The first-order valence-corrected chi connectivity index (χ1v) is 6.96. The van der Waals surface area contributed by atoms with Gasteiger partial charge in [-0.25, -0.2) is 0 Å². The van der Waals surface area contributed by atoms with Crippen LogP contribution in [0.3, 0.4) is 0 Å². The minimum Gasteiger partial charge on any atom is -0.340 e. The van der Waals surface area contributed by atoms with Gasteiger partial charge in [-0.05, 0) is 25.2 Å². The number of carbonyl (C=O) groups excluding carboxylic acids is 1. The van der Waals surface area contributed by atoms with Crippen LogP contribution in [0.2, 0.25) is 0 Å². The van der Waals surface area contributed by atoms with Crippen molar-refractivity contribution in [1.82, 2.24) is 19.9 Å². The molecule has 1 aliphatic carbocycles. The van der Waals surface area contributed by atoms with Gasteiger partial charge >= 0.3 is 0 Å². The van der Waals surface area contributed by atoms with E-state index >= 15 is 0 Å². The fourth-order valence-corrected chi connectivity index (χ4v) is 3.16. The highest BCUT2D eigenvalue weighted by Crippen LogP contribution is 2.29. The van der Waals surface area contributed by atoms with Crippen LogP contribution in [0.4, 0.5) is 0 Å². The number of amides is 1. The van der Waals surface area contributed by atoms with E-state index in [0.29, 0.717) is 11.8 Å². The van der Waals surface area contributed by atoms with Crippen molar-refractivity contribution in [2.75, 3.05) is 13.1 Å². The molecule has 2 fully saturated rings. The van der Waals surface area contributed by atoms with Crippen LogP contribution in [0.1, 0.15) is 44.6 Å². The Kier molecular flexibility index (Phi) is 3.30. The predicted octanol–water partition coefficient (Wildman–Crippen LogP) is 1.63. The number of hydrogen-bond donors (Lipinski definition) is 0. The summed E-state index contributed by atoms with van der Waals surface area (Å²) in [5.74, 6) is 0.968. The third-order valence-electron chi connectivity index (χ3n) is 4.22. The van der Waals surface area contributed by atoms with Gasteiger partial charge < -0.3 is 4.90 Å². The Hall–Kier alpha value is -1.39. The maximum absolute atomic E-state index is 12.2. The molecule has 5 heteroatoms. The van der Waals surface area contributed by atoms with E-state index in [1.165, 1.54) is 25.7 Å². The molecule has 18 heavy (non-hydrogen) atoms. The Balaban J connectivity index is 1.53. The molecule has 2 heterocycles. The molecule has 0 radical (unpaired) electrons. The van der Waals surface area contributed by atoms with Crippen LogP contribution in [-0.4, -0.2) is 38.9 Å². The van der Waals surface area contributed by atoms with E-state index < -0.39 is 0 Å². The highest BCUT2D eigenvalue weighted by atomic mass is 16.2. The van der Waals surface area contributed by atoms with Crippen molar-refractivity contribution in [2.45, 2.75) is 44.6 Å². The van der Waals surface area contributed by atoms with Crippen molar-refractivity contribution < 1.29 is 4.79 Å². The minimum atomic E-state index is 0.271. The Morgan fingerprint density at radius 3 is 2.61 bits per heavy atom. The van der Waals surface area contributed by atoms with Crippen molar-refractivity contribution in [3.05, 3.63) is 12.4 Å². The summed E-state index contributed by atoms with van der Waals surface area (Å²) < 4.78 is 0. The van der Waals surface area contributed by atoms with Crippen LogP contribution < -0.4 is 0 Å². The first-order chi connectivity index (χ1) is 8.83. The van der Waals surface area contributed by atoms with Crippen LogP contribution in [-0.2, 0) is 4.79 Å². The van der Waals surface area contributed by atoms with Crippen LogP contribution in [0.15, 0.2) is 12.4 Å². The summed E-state index contributed by atoms with van der Waals surface area (Å²) in [6.45, 7) is 1.64. The molecule has 0 bridgehead atoms. The zero-order valence-corrected chi connectivity index (χ0v) is 10.7.